The van der Waals surface area contributed by atoms with E-state index in [0.717, 1.165) is 5.56 Å². The summed E-state index contributed by atoms with van der Waals surface area (Å²) in [4.78, 5) is 11.2. The van der Waals surface area contributed by atoms with Crippen molar-refractivity contribution in [3.8, 4) is 5.75 Å². The van der Waals surface area contributed by atoms with Gasteiger partial charge < -0.3 is 15.2 Å². The Morgan fingerprint density at radius 1 is 1.35 bits per heavy atom. The summed E-state index contributed by atoms with van der Waals surface area (Å²) in [5, 5.41) is 12.1. The molecule has 1 saturated heterocycles. The number of benzene rings is 1. The summed E-state index contributed by atoms with van der Waals surface area (Å²) in [5.41, 5.74) is 7.41. The number of amides is 1. The Balaban J connectivity index is 1.87. The normalized spacial score (nSPS) is 27.2. The van der Waals surface area contributed by atoms with Gasteiger partial charge in [0.2, 0.25) is 0 Å². The lowest BCUT2D eigenvalue weighted by atomic mass is 10.0. The van der Waals surface area contributed by atoms with Crippen LogP contribution in [0, 0.1) is 0 Å². The maximum Gasteiger partial charge on any atom is 0.262 e. The number of aliphatic hydroxyl groups is 1. The third-order valence-electron chi connectivity index (χ3n) is 2.92. The predicted octanol–water partition coefficient (Wildman–Crippen LogP) is -0.125. The Labute approximate surface area is 97.9 Å². The van der Waals surface area contributed by atoms with Crippen molar-refractivity contribution < 1.29 is 14.6 Å². The molecule has 0 bridgehead atoms. The molecule has 3 rings (SSSR count). The van der Waals surface area contributed by atoms with E-state index in [1.165, 1.54) is 0 Å². The van der Waals surface area contributed by atoms with Crippen LogP contribution in [0.4, 0.5) is 5.69 Å². The summed E-state index contributed by atoms with van der Waals surface area (Å²) in [5.74, 6) is 0.534. The standard InChI is InChI=1S/C11H13N3O3/c15-10-4-7(13-14-10)6-1-2-9-8(3-6)12-11(16)5-17-9/h1-3,7,10,13-15H,4-5H2,(H,12,16). The highest BCUT2D eigenvalue weighted by Crippen LogP contribution is 2.32. The van der Waals surface area contributed by atoms with Crippen molar-refractivity contribution in [3.63, 3.8) is 0 Å². The number of nitrogens with one attached hydrogen (secondary N) is 3. The monoisotopic (exact) mass is 235 g/mol. The first-order valence-corrected chi connectivity index (χ1v) is 5.48. The largest absolute Gasteiger partial charge is 0.482 e. The topological polar surface area (TPSA) is 82.6 Å². The molecule has 1 fully saturated rings. The molecular weight excluding hydrogens is 222 g/mol. The highest BCUT2D eigenvalue weighted by molar-refractivity contribution is 5.95. The molecule has 0 saturated carbocycles. The number of anilines is 1. The van der Waals surface area contributed by atoms with Gasteiger partial charge in [-0.1, -0.05) is 6.07 Å². The molecule has 0 radical (unpaired) electrons. The first-order chi connectivity index (χ1) is 8.22. The minimum absolute atomic E-state index is 0.0362. The van der Waals surface area contributed by atoms with E-state index in [1.54, 1.807) is 0 Å². The van der Waals surface area contributed by atoms with Gasteiger partial charge in [-0.3, -0.25) is 4.79 Å². The Morgan fingerprint density at radius 2 is 2.24 bits per heavy atom. The van der Waals surface area contributed by atoms with E-state index in [1.807, 2.05) is 18.2 Å². The van der Waals surface area contributed by atoms with Crippen LogP contribution in [0.15, 0.2) is 18.2 Å². The Morgan fingerprint density at radius 3 is 3.00 bits per heavy atom. The molecule has 1 amide bonds. The van der Waals surface area contributed by atoms with Crippen molar-refractivity contribution in [1.82, 2.24) is 10.9 Å². The molecule has 0 aliphatic carbocycles. The fourth-order valence-corrected chi connectivity index (χ4v) is 2.07. The summed E-state index contributed by atoms with van der Waals surface area (Å²) in [6, 6.07) is 5.66. The molecule has 6 nitrogen and oxygen atoms in total. The van der Waals surface area contributed by atoms with Gasteiger partial charge in [-0.15, -0.1) is 0 Å². The van der Waals surface area contributed by atoms with E-state index in [2.05, 4.69) is 16.2 Å². The SMILES string of the molecule is O=C1COc2ccc(C3CC(O)NN3)cc2N1. The van der Waals surface area contributed by atoms with Crippen LogP contribution < -0.4 is 20.9 Å². The molecule has 6 heteroatoms. The van der Waals surface area contributed by atoms with Crippen molar-refractivity contribution in [2.45, 2.75) is 18.7 Å². The minimum Gasteiger partial charge on any atom is -0.482 e. The molecule has 2 aliphatic heterocycles. The number of ether oxygens (including phenoxy) is 1. The molecule has 2 aliphatic rings. The van der Waals surface area contributed by atoms with E-state index >= 15 is 0 Å². The van der Waals surface area contributed by atoms with Gasteiger partial charge >= 0.3 is 0 Å². The maximum atomic E-state index is 11.2. The van der Waals surface area contributed by atoms with Crippen LogP contribution in [0.3, 0.4) is 0 Å². The van der Waals surface area contributed by atoms with Crippen molar-refractivity contribution in [3.05, 3.63) is 23.8 Å². The van der Waals surface area contributed by atoms with Crippen molar-refractivity contribution in [1.29, 1.82) is 0 Å². The van der Waals surface area contributed by atoms with Crippen LogP contribution in [0.2, 0.25) is 0 Å². The zero-order chi connectivity index (χ0) is 11.8. The number of fused-ring (bicyclic) bond motifs is 1. The molecule has 2 atom stereocenters. The zero-order valence-corrected chi connectivity index (χ0v) is 9.06. The molecule has 0 aromatic heterocycles. The lowest BCUT2D eigenvalue weighted by Crippen LogP contribution is -2.30. The van der Waals surface area contributed by atoms with E-state index < -0.39 is 6.23 Å². The van der Waals surface area contributed by atoms with E-state index in [-0.39, 0.29) is 18.6 Å². The summed E-state index contributed by atoms with van der Waals surface area (Å²) >= 11 is 0. The quantitative estimate of drug-likeness (QED) is 0.545. The van der Waals surface area contributed by atoms with Gasteiger partial charge in [0, 0.05) is 6.42 Å². The molecule has 17 heavy (non-hydrogen) atoms. The molecule has 1 aromatic rings. The number of hydrogen-bond donors (Lipinski definition) is 4. The highest BCUT2D eigenvalue weighted by Gasteiger charge is 2.24. The summed E-state index contributed by atoms with van der Waals surface area (Å²) < 4.78 is 5.28. The number of hydrazine groups is 1. The van der Waals surface area contributed by atoms with Crippen molar-refractivity contribution in [2.75, 3.05) is 11.9 Å². The minimum atomic E-state index is -0.540. The summed E-state index contributed by atoms with van der Waals surface area (Å²) in [7, 11) is 0. The fraction of sp³-hybridized carbons (Fsp3) is 0.364. The molecule has 2 unspecified atom stereocenters. The summed E-state index contributed by atoms with van der Waals surface area (Å²) in [6.45, 7) is 0.0638. The molecular formula is C11H13N3O3. The molecule has 2 heterocycles. The number of carbonyl (C=O) groups excluding carboxylic acids is 1. The third kappa shape index (κ3) is 1.97. The van der Waals surface area contributed by atoms with Crippen LogP contribution in [0.5, 0.6) is 5.75 Å². The third-order valence-corrected chi connectivity index (χ3v) is 2.92. The van der Waals surface area contributed by atoms with Gasteiger partial charge in [-0.25, -0.2) is 10.9 Å². The lowest BCUT2D eigenvalue weighted by molar-refractivity contribution is -0.118. The van der Waals surface area contributed by atoms with Crippen molar-refractivity contribution >= 4 is 11.6 Å². The van der Waals surface area contributed by atoms with Crippen LogP contribution >= 0.6 is 0 Å². The van der Waals surface area contributed by atoms with Gasteiger partial charge in [-0.2, -0.15) is 0 Å². The Bertz CT molecular complexity index is 463. The summed E-state index contributed by atoms with van der Waals surface area (Å²) in [6.07, 6.45) is 0.0509. The van der Waals surface area contributed by atoms with Gasteiger partial charge in [-0.05, 0) is 17.7 Å². The molecule has 90 valence electrons. The van der Waals surface area contributed by atoms with Gasteiger partial charge in [0.1, 0.15) is 12.0 Å². The lowest BCUT2D eigenvalue weighted by Gasteiger charge is -2.19. The molecule has 1 aromatic carbocycles. The number of hydrogen-bond acceptors (Lipinski definition) is 5. The average molecular weight is 235 g/mol. The highest BCUT2D eigenvalue weighted by atomic mass is 16.5. The predicted molar refractivity (Wildman–Crippen MR) is 60.2 cm³/mol. The first-order valence-electron chi connectivity index (χ1n) is 5.48. The van der Waals surface area contributed by atoms with Crippen LogP contribution in [-0.4, -0.2) is 23.8 Å². The smallest absolute Gasteiger partial charge is 0.262 e. The Hall–Kier alpha value is -1.63. The van der Waals surface area contributed by atoms with Crippen LogP contribution in [-0.2, 0) is 4.79 Å². The van der Waals surface area contributed by atoms with Crippen LogP contribution in [0.1, 0.15) is 18.0 Å². The van der Waals surface area contributed by atoms with Gasteiger partial charge in [0.25, 0.3) is 5.91 Å². The van der Waals surface area contributed by atoms with E-state index in [0.29, 0.717) is 17.9 Å². The average Bonchev–Trinajstić information content (AvgIpc) is 2.75. The van der Waals surface area contributed by atoms with E-state index in [4.69, 9.17) is 4.74 Å². The molecule has 4 N–H and O–H groups in total. The van der Waals surface area contributed by atoms with Crippen molar-refractivity contribution in [2.24, 2.45) is 0 Å². The number of rotatable bonds is 1. The number of aliphatic hydroxyl groups excluding tert-OH is 1. The maximum absolute atomic E-state index is 11.2. The second-order valence-corrected chi connectivity index (χ2v) is 4.19. The first kappa shape index (κ1) is 10.5. The second kappa shape index (κ2) is 3.99. The van der Waals surface area contributed by atoms with Gasteiger partial charge in [0.05, 0.1) is 11.7 Å². The fourth-order valence-electron chi connectivity index (χ4n) is 2.07. The number of carbonyl (C=O) groups is 1. The van der Waals surface area contributed by atoms with Crippen LogP contribution in [0.25, 0.3) is 0 Å². The zero-order valence-electron chi connectivity index (χ0n) is 9.06. The second-order valence-electron chi connectivity index (χ2n) is 4.19. The van der Waals surface area contributed by atoms with E-state index in [9.17, 15) is 9.90 Å². The Kier molecular flexibility index (Phi) is 2.47. The van der Waals surface area contributed by atoms with Gasteiger partial charge in [0.15, 0.2) is 6.61 Å². The molecule has 0 spiro atoms.